The third kappa shape index (κ3) is 2.12. The lowest BCUT2D eigenvalue weighted by molar-refractivity contribution is -0.143. The molecule has 1 aromatic heterocycles. The van der Waals surface area contributed by atoms with Crippen molar-refractivity contribution in [3.8, 4) is 6.07 Å². The largest absolute Gasteiger partial charge is 0.465 e. The molecule has 2 rings (SSSR count). The molecule has 0 N–H and O–H groups in total. The first-order valence-electron chi connectivity index (χ1n) is 5.18. The smallest absolute Gasteiger partial charge is 0.328 e. The monoisotopic (exact) mass is 246 g/mol. The topological polar surface area (TPSA) is 63.0 Å². The van der Waals surface area contributed by atoms with Gasteiger partial charge in [0, 0.05) is 5.39 Å². The summed E-state index contributed by atoms with van der Waals surface area (Å²) in [5.74, 6) is -1.39. The highest BCUT2D eigenvalue weighted by Crippen LogP contribution is 2.29. The van der Waals surface area contributed by atoms with Crippen molar-refractivity contribution in [2.24, 2.45) is 0 Å². The minimum absolute atomic E-state index is 0.272. The highest BCUT2D eigenvalue weighted by atomic mass is 32.1. The number of benzene rings is 1. The molecule has 0 aliphatic rings. The summed E-state index contributed by atoms with van der Waals surface area (Å²) >= 11 is 1.18. The molecular formula is C12H10N2O2S. The minimum atomic E-state index is -0.882. The number of nitriles is 1. The number of hydrogen-bond donors (Lipinski definition) is 0. The molecule has 0 fully saturated rings. The molecule has 17 heavy (non-hydrogen) atoms. The molecule has 5 heteroatoms. The van der Waals surface area contributed by atoms with Gasteiger partial charge in [-0.2, -0.15) is 9.64 Å². The Kier molecular flexibility index (Phi) is 3.35. The zero-order valence-corrected chi connectivity index (χ0v) is 10.0. The summed E-state index contributed by atoms with van der Waals surface area (Å²) < 4.78 is 9.10. The van der Waals surface area contributed by atoms with Crippen LogP contribution in [0.1, 0.15) is 17.7 Å². The van der Waals surface area contributed by atoms with Crippen LogP contribution in [-0.2, 0) is 9.53 Å². The molecule has 0 aliphatic heterocycles. The second-order valence-corrected chi connectivity index (χ2v) is 4.18. The Balaban J connectivity index is 2.44. The highest BCUT2D eigenvalue weighted by Gasteiger charge is 2.25. The van der Waals surface area contributed by atoms with Crippen LogP contribution in [0.2, 0.25) is 0 Å². The predicted octanol–water partition coefficient (Wildman–Crippen LogP) is 2.47. The van der Waals surface area contributed by atoms with Gasteiger partial charge in [0.05, 0.1) is 23.1 Å². The van der Waals surface area contributed by atoms with E-state index in [4.69, 9.17) is 10.00 Å². The van der Waals surface area contributed by atoms with Crippen molar-refractivity contribution in [3.05, 3.63) is 29.1 Å². The van der Waals surface area contributed by atoms with Crippen LogP contribution in [0.15, 0.2) is 24.3 Å². The molecule has 2 aromatic rings. The van der Waals surface area contributed by atoms with Gasteiger partial charge in [-0.3, -0.25) is 4.79 Å². The summed E-state index contributed by atoms with van der Waals surface area (Å²) in [5.41, 5.74) is 0.803. The number of fused-ring (bicyclic) bond motifs is 1. The normalized spacial score (nSPS) is 12.0. The van der Waals surface area contributed by atoms with Gasteiger partial charge >= 0.3 is 5.97 Å². The van der Waals surface area contributed by atoms with E-state index >= 15 is 0 Å². The second kappa shape index (κ2) is 4.93. The fourth-order valence-corrected chi connectivity index (χ4v) is 2.44. The maximum absolute atomic E-state index is 11.7. The molecule has 1 unspecified atom stereocenters. The Labute approximate surface area is 103 Å². The van der Waals surface area contributed by atoms with Gasteiger partial charge in [-0.1, -0.05) is 18.2 Å². The second-order valence-electron chi connectivity index (χ2n) is 3.38. The molecule has 1 atom stereocenters. The average molecular weight is 246 g/mol. The molecule has 86 valence electrons. The van der Waals surface area contributed by atoms with Crippen LogP contribution in [0.3, 0.4) is 0 Å². The van der Waals surface area contributed by atoms with Crippen molar-refractivity contribution in [2.75, 3.05) is 6.61 Å². The lowest BCUT2D eigenvalue weighted by atomic mass is 10.1. The van der Waals surface area contributed by atoms with Crippen molar-refractivity contribution in [2.45, 2.75) is 12.8 Å². The Morgan fingerprint density at radius 3 is 3.06 bits per heavy atom. The zero-order valence-electron chi connectivity index (χ0n) is 9.21. The molecule has 1 aromatic carbocycles. The van der Waals surface area contributed by atoms with E-state index in [2.05, 4.69) is 4.37 Å². The SMILES string of the molecule is CCOC(=O)C(C#N)c1snc2ccccc12. The molecule has 1 heterocycles. The lowest BCUT2D eigenvalue weighted by Gasteiger charge is -2.05. The average Bonchev–Trinajstić information content (AvgIpc) is 2.75. The number of hydrogen-bond acceptors (Lipinski definition) is 5. The maximum Gasteiger partial charge on any atom is 0.328 e. The fraction of sp³-hybridized carbons (Fsp3) is 0.250. The Morgan fingerprint density at radius 2 is 2.35 bits per heavy atom. The van der Waals surface area contributed by atoms with Crippen LogP contribution < -0.4 is 0 Å². The van der Waals surface area contributed by atoms with Gasteiger partial charge in [0.15, 0.2) is 5.92 Å². The molecule has 0 bridgehead atoms. The minimum Gasteiger partial charge on any atom is -0.465 e. The van der Waals surface area contributed by atoms with Crippen molar-refractivity contribution >= 4 is 28.4 Å². The third-order valence-electron chi connectivity index (χ3n) is 2.33. The van der Waals surface area contributed by atoms with Crippen molar-refractivity contribution in [1.82, 2.24) is 4.37 Å². The van der Waals surface area contributed by atoms with Crippen LogP contribution >= 0.6 is 11.5 Å². The summed E-state index contributed by atoms with van der Waals surface area (Å²) in [6.45, 7) is 1.99. The molecular weight excluding hydrogens is 236 g/mol. The van der Waals surface area contributed by atoms with E-state index in [1.165, 1.54) is 11.5 Å². The predicted molar refractivity (Wildman–Crippen MR) is 64.6 cm³/mol. The molecule has 0 amide bonds. The van der Waals surface area contributed by atoms with E-state index in [1.807, 2.05) is 30.3 Å². The van der Waals surface area contributed by atoms with Crippen LogP contribution in [-0.4, -0.2) is 16.9 Å². The lowest BCUT2D eigenvalue weighted by Crippen LogP contribution is -2.13. The summed E-state index contributed by atoms with van der Waals surface area (Å²) in [7, 11) is 0. The van der Waals surface area contributed by atoms with Crippen LogP contribution in [0, 0.1) is 11.3 Å². The number of nitrogens with zero attached hydrogens (tertiary/aromatic N) is 2. The quantitative estimate of drug-likeness (QED) is 0.780. The van der Waals surface area contributed by atoms with E-state index in [-0.39, 0.29) is 6.61 Å². The highest BCUT2D eigenvalue weighted by molar-refractivity contribution is 7.07. The third-order valence-corrected chi connectivity index (χ3v) is 3.27. The number of carbonyl (C=O) groups is 1. The summed E-state index contributed by atoms with van der Waals surface area (Å²) in [4.78, 5) is 12.3. The van der Waals surface area contributed by atoms with E-state index in [0.29, 0.717) is 4.88 Å². The van der Waals surface area contributed by atoms with Gasteiger partial charge in [0.25, 0.3) is 0 Å². The van der Waals surface area contributed by atoms with E-state index in [1.54, 1.807) is 6.92 Å². The van der Waals surface area contributed by atoms with E-state index < -0.39 is 11.9 Å². The Bertz CT molecular complexity index is 585. The summed E-state index contributed by atoms with van der Waals surface area (Å²) in [6.07, 6.45) is 0. The molecule has 0 saturated heterocycles. The van der Waals surface area contributed by atoms with Gasteiger partial charge < -0.3 is 4.74 Å². The van der Waals surface area contributed by atoms with Crippen LogP contribution in [0.5, 0.6) is 0 Å². The van der Waals surface area contributed by atoms with Gasteiger partial charge in [0.1, 0.15) is 0 Å². The van der Waals surface area contributed by atoms with Crippen molar-refractivity contribution in [1.29, 1.82) is 5.26 Å². The molecule has 0 aliphatic carbocycles. The van der Waals surface area contributed by atoms with Crippen LogP contribution in [0.25, 0.3) is 10.9 Å². The summed E-state index contributed by atoms with van der Waals surface area (Å²) in [6, 6.07) is 9.43. The first-order valence-corrected chi connectivity index (χ1v) is 5.95. The Morgan fingerprint density at radius 1 is 1.59 bits per heavy atom. The standard InChI is InChI=1S/C12H10N2O2S/c1-2-16-12(15)9(7-13)11-8-5-3-4-6-10(8)14-17-11/h3-6,9H,2H2,1H3. The number of ether oxygens (including phenoxy) is 1. The van der Waals surface area contributed by atoms with Crippen LogP contribution in [0.4, 0.5) is 0 Å². The molecule has 0 saturated carbocycles. The Hall–Kier alpha value is -1.93. The van der Waals surface area contributed by atoms with Gasteiger partial charge in [-0.25, -0.2) is 0 Å². The first-order chi connectivity index (χ1) is 8.27. The molecule has 0 spiro atoms. The van der Waals surface area contributed by atoms with Gasteiger partial charge in [0.2, 0.25) is 0 Å². The number of carbonyl (C=O) groups excluding carboxylic acids is 1. The molecule has 0 radical (unpaired) electrons. The van der Waals surface area contributed by atoms with Gasteiger partial charge in [-0.15, -0.1) is 0 Å². The number of esters is 1. The molecule has 4 nitrogen and oxygen atoms in total. The van der Waals surface area contributed by atoms with E-state index in [9.17, 15) is 4.79 Å². The first kappa shape index (κ1) is 11.6. The maximum atomic E-state index is 11.7. The van der Waals surface area contributed by atoms with Crippen molar-refractivity contribution in [3.63, 3.8) is 0 Å². The number of aromatic nitrogens is 1. The summed E-state index contributed by atoms with van der Waals surface area (Å²) in [5, 5.41) is 9.93. The van der Waals surface area contributed by atoms with Gasteiger partial charge in [-0.05, 0) is 24.5 Å². The number of rotatable bonds is 3. The zero-order chi connectivity index (χ0) is 12.3. The fourth-order valence-electron chi connectivity index (χ4n) is 1.56. The van der Waals surface area contributed by atoms with E-state index in [0.717, 1.165) is 10.9 Å². The van der Waals surface area contributed by atoms with Crippen molar-refractivity contribution < 1.29 is 9.53 Å².